The standard InChI is InChI=1S/C19H21NO/c21-19-18(14-16-8-3-1-4-9-16)12-7-13-20(19)15-17-10-5-2-6-11-17/h1-6,8-11,18H,7,12-15H2/t18-/m1/s1. The molecule has 0 saturated carbocycles. The molecule has 1 atom stereocenters. The third-order valence-corrected chi connectivity index (χ3v) is 4.18. The molecule has 3 rings (SSSR count). The van der Waals surface area contributed by atoms with Crippen LogP contribution in [0.1, 0.15) is 24.0 Å². The van der Waals surface area contributed by atoms with Gasteiger partial charge < -0.3 is 4.90 Å². The van der Waals surface area contributed by atoms with Gasteiger partial charge in [-0.2, -0.15) is 0 Å². The maximum absolute atomic E-state index is 12.7. The molecule has 0 radical (unpaired) electrons. The molecule has 1 aliphatic rings. The molecule has 108 valence electrons. The van der Waals surface area contributed by atoms with Gasteiger partial charge in [0.2, 0.25) is 5.91 Å². The molecule has 1 saturated heterocycles. The van der Waals surface area contributed by atoms with Crippen LogP contribution < -0.4 is 0 Å². The topological polar surface area (TPSA) is 20.3 Å². The van der Waals surface area contributed by atoms with E-state index in [1.54, 1.807) is 0 Å². The fourth-order valence-electron chi connectivity index (χ4n) is 3.07. The Kier molecular flexibility index (Phi) is 4.34. The fraction of sp³-hybridized carbons (Fsp3) is 0.316. The first-order valence-electron chi connectivity index (χ1n) is 7.69. The zero-order chi connectivity index (χ0) is 14.5. The lowest BCUT2D eigenvalue weighted by Gasteiger charge is -2.32. The lowest BCUT2D eigenvalue weighted by Crippen LogP contribution is -2.41. The highest BCUT2D eigenvalue weighted by atomic mass is 16.2. The summed E-state index contributed by atoms with van der Waals surface area (Å²) in [6.45, 7) is 1.63. The molecule has 1 fully saturated rings. The smallest absolute Gasteiger partial charge is 0.226 e. The lowest BCUT2D eigenvalue weighted by atomic mass is 9.90. The Morgan fingerprint density at radius 1 is 0.905 bits per heavy atom. The largest absolute Gasteiger partial charge is 0.338 e. The predicted molar refractivity (Wildman–Crippen MR) is 84.7 cm³/mol. The molecule has 0 spiro atoms. The van der Waals surface area contributed by atoms with Crippen LogP contribution in [0.15, 0.2) is 60.7 Å². The van der Waals surface area contributed by atoms with Gasteiger partial charge >= 0.3 is 0 Å². The lowest BCUT2D eigenvalue weighted by molar-refractivity contribution is -0.139. The molecule has 1 amide bonds. The Morgan fingerprint density at radius 2 is 1.52 bits per heavy atom. The van der Waals surface area contributed by atoms with Gasteiger partial charge in [-0.3, -0.25) is 4.79 Å². The highest BCUT2D eigenvalue weighted by Crippen LogP contribution is 2.23. The van der Waals surface area contributed by atoms with Crippen molar-refractivity contribution >= 4 is 5.91 Å². The SMILES string of the molecule is O=C1[C@@H](Cc2ccccc2)CCCN1Cc1ccccc1. The highest BCUT2D eigenvalue weighted by Gasteiger charge is 2.28. The Morgan fingerprint density at radius 3 is 2.19 bits per heavy atom. The number of amides is 1. The molecule has 0 aromatic heterocycles. The van der Waals surface area contributed by atoms with Gasteiger partial charge in [0.1, 0.15) is 0 Å². The molecule has 2 nitrogen and oxygen atoms in total. The van der Waals surface area contributed by atoms with Crippen LogP contribution in [0.25, 0.3) is 0 Å². The van der Waals surface area contributed by atoms with Crippen molar-refractivity contribution in [1.82, 2.24) is 4.90 Å². The van der Waals surface area contributed by atoms with Gasteiger partial charge in [0.15, 0.2) is 0 Å². The minimum Gasteiger partial charge on any atom is -0.338 e. The maximum atomic E-state index is 12.7. The number of hydrogen-bond acceptors (Lipinski definition) is 1. The van der Waals surface area contributed by atoms with Crippen molar-refractivity contribution in [2.24, 2.45) is 5.92 Å². The van der Waals surface area contributed by atoms with Crippen molar-refractivity contribution < 1.29 is 4.79 Å². The molecule has 2 heteroatoms. The molecule has 21 heavy (non-hydrogen) atoms. The number of hydrogen-bond donors (Lipinski definition) is 0. The quantitative estimate of drug-likeness (QED) is 0.836. The predicted octanol–water partition coefficient (Wildman–Crippen LogP) is 3.67. The van der Waals surface area contributed by atoms with Crippen molar-refractivity contribution in [2.45, 2.75) is 25.8 Å². The van der Waals surface area contributed by atoms with Crippen molar-refractivity contribution in [2.75, 3.05) is 6.54 Å². The summed E-state index contributed by atoms with van der Waals surface area (Å²) in [5.41, 5.74) is 2.48. The third-order valence-electron chi connectivity index (χ3n) is 4.18. The fourth-order valence-corrected chi connectivity index (χ4v) is 3.07. The van der Waals surface area contributed by atoms with E-state index in [4.69, 9.17) is 0 Å². The first-order chi connectivity index (χ1) is 10.3. The molecule has 0 aliphatic carbocycles. The van der Waals surface area contributed by atoms with Gasteiger partial charge in [0, 0.05) is 19.0 Å². The van der Waals surface area contributed by atoms with Crippen LogP contribution in [0.5, 0.6) is 0 Å². The maximum Gasteiger partial charge on any atom is 0.226 e. The monoisotopic (exact) mass is 279 g/mol. The summed E-state index contributed by atoms with van der Waals surface area (Å²) in [6.07, 6.45) is 2.99. The Balaban J connectivity index is 1.66. The van der Waals surface area contributed by atoms with Crippen LogP contribution in [-0.4, -0.2) is 17.4 Å². The second-order valence-corrected chi connectivity index (χ2v) is 5.77. The number of carbonyl (C=O) groups is 1. The van der Waals surface area contributed by atoms with Crippen molar-refractivity contribution in [3.63, 3.8) is 0 Å². The van der Waals surface area contributed by atoms with Crippen LogP contribution in [0.3, 0.4) is 0 Å². The van der Waals surface area contributed by atoms with Crippen LogP contribution in [0.4, 0.5) is 0 Å². The number of carbonyl (C=O) groups excluding carboxylic acids is 1. The van der Waals surface area contributed by atoms with E-state index < -0.39 is 0 Å². The number of benzene rings is 2. The van der Waals surface area contributed by atoms with E-state index >= 15 is 0 Å². The number of nitrogens with zero attached hydrogens (tertiary/aromatic N) is 1. The Labute approximate surface area is 126 Å². The average Bonchev–Trinajstić information content (AvgIpc) is 2.53. The van der Waals surface area contributed by atoms with E-state index in [-0.39, 0.29) is 5.92 Å². The second kappa shape index (κ2) is 6.57. The molecule has 1 heterocycles. The van der Waals surface area contributed by atoms with E-state index in [0.717, 1.165) is 32.4 Å². The van der Waals surface area contributed by atoms with Gasteiger partial charge in [-0.25, -0.2) is 0 Å². The molecule has 0 bridgehead atoms. The molecule has 1 aliphatic heterocycles. The minimum atomic E-state index is 0.143. The molecule has 0 N–H and O–H groups in total. The summed E-state index contributed by atoms with van der Waals surface area (Å²) >= 11 is 0. The van der Waals surface area contributed by atoms with E-state index in [2.05, 4.69) is 24.3 Å². The highest BCUT2D eigenvalue weighted by molar-refractivity contribution is 5.79. The molecule has 2 aromatic carbocycles. The van der Waals surface area contributed by atoms with Gasteiger partial charge in [-0.1, -0.05) is 60.7 Å². The molecule has 2 aromatic rings. The first-order valence-corrected chi connectivity index (χ1v) is 7.69. The van der Waals surface area contributed by atoms with Gasteiger partial charge in [0.05, 0.1) is 0 Å². The van der Waals surface area contributed by atoms with Gasteiger partial charge in [-0.05, 0) is 30.4 Å². The summed E-state index contributed by atoms with van der Waals surface area (Å²) in [5, 5.41) is 0. The van der Waals surface area contributed by atoms with Gasteiger partial charge in [-0.15, -0.1) is 0 Å². The summed E-state index contributed by atoms with van der Waals surface area (Å²) < 4.78 is 0. The zero-order valence-electron chi connectivity index (χ0n) is 12.2. The molecular formula is C19H21NO. The first kappa shape index (κ1) is 13.9. The summed E-state index contributed by atoms with van der Waals surface area (Å²) in [5.74, 6) is 0.457. The van der Waals surface area contributed by atoms with Crippen molar-refractivity contribution in [3.05, 3.63) is 71.8 Å². The number of likely N-dealkylation sites (tertiary alicyclic amines) is 1. The van der Waals surface area contributed by atoms with Crippen LogP contribution >= 0.6 is 0 Å². The van der Waals surface area contributed by atoms with Crippen molar-refractivity contribution in [1.29, 1.82) is 0 Å². The van der Waals surface area contributed by atoms with E-state index in [1.165, 1.54) is 11.1 Å². The number of piperidine rings is 1. The molecular weight excluding hydrogens is 258 g/mol. The summed E-state index contributed by atoms with van der Waals surface area (Å²) in [7, 11) is 0. The average molecular weight is 279 g/mol. The van der Waals surface area contributed by atoms with E-state index in [0.29, 0.717) is 5.91 Å². The van der Waals surface area contributed by atoms with E-state index in [9.17, 15) is 4.79 Å². The number of rotatable bonds is 4. The Bertz CT molecular complexity index is 528. The van der Waals surface area contributed by atoms with Gasteiger partial charge in [0.25, 0.3) is 0 Å². The zero-order valence-corrected chi connectivity index (χ0v) is 12.2. The van der Waals surface area contributed by atoms with E-state index in [1.807, 2.05) is 41.3 Å². The minimum absolute atomic E-state index is 0.143. The summed E-state index contributed by atoms with van der Waals surface area (Å²) in [4.78, 5) is 14.7. The second-order valence-electron chi connectivity index (χ2n) is 5.77. The van der Waals surface area contributed by atoms with Crippen LogP contribution in [0.2, 0.25) is 0 Å². The third kappa shape index (κ3) is 3.52. The van der Waals surface area contributed by atoms with Crippen molar-refractivity contribution in [3.8, 4) is 0 Å². The normalized spacial score (nSPS) is 18.8. The summed E-state index contributed by atoms with van der Waals surface area (Å²) in [6, 6.07) is 20.6. The van der Waals surface area contributed by atoms with Crippen LogP contribution in [-0.2, 0) is 17.8 Å². The van der Waals surface area contributed by atoms with Crippen LogP contribution in [0, 0.1) is 5.92 Å². The molecule has 0 unspecified atom stereocenters. The Hall–Kier alpha value is -2.09.